The average Bonchev–Trinajstić information content (AvgIpc) is 3.52. The first-order valence-corrected chi connectivity index (χ1v) is 14.7. The number of ether oxygens (including phenoxy) is 2. The first kappa shape index (κ1) is 27.2. The third kappa shape index (κ3) is 3.89. The number of anilines is 2. The quantitative estimate of drug-likeness (QED) is 0.250. The number of benzene rings is 4. The molecular weight excluding hydrogens is 608 g/mol. The SMILES string of the molecule is COc1ccc(C(=O)[C@@H]2[C@H](C(=O)c3ccc(Br)cc3)N3c4ccccc4C=C[C@@H]3[C@]23C(=O)Nc2ccccc23)cc1OC. The van der Waals surface area contributed by atoms with E-state index >= 15 is 4.79 Å². The van der Waals surface area contributed by atoms with Crippen molar-refractivity contribution in [3.63, 3.8) is 0 Å². The van der Waals surface area contributed by atoms with Crippen LogP contribution in [0.25, 0.3) is 6.08 Å². The number of para-hydroxylation sites is 2. The van der Waals surface area contributed by atoms with Crippen LogP contribution in [0.2, 0.25) is 0 Å². The molecule has 1 spiro atoms. The van der Waals surface area contributed by atoms with E-state index < -0.39 is 23.4 Å². The number of carbonyl (C=O) groups is 3. The Bertz CT molecular complexity index is 1830. The summed E-state index contributed by atoms with van der Waals surface area (Å²) in [5.74, 6) is -1.10. The highest BCUT2D eigenvalue weighted by atomic mass is 79.9. The number of methoxy groups -OCH3 is 2. The first-order chi connectivity index (χ1) is 20.9. The molecule has 8 heteroatoms. The maximum Gasteiger partial charge on any atom is 0.238 e. The molecule has 0 saturated carbocycles. The van der Waals surface area contributed by atoms with Crippen molar-refractivity contribution in [1.82, 2.24) is 0 Å². The summed E-state index contributed by atoms with van der Waals surface area (Å²) in [6.07, 6.45) is 3.95. The average molecular weight is 636 g/mol. The molecule has 0 aliphatic carbocycles. The molecule has 214 valence electrons. The van der Waals surface area contributed by atoms with Gasteiger partial charge in [0.05, 0.1) is 26.2 Å². The van der Waals surface area contributed by atoms with Crippen molar-refractivity contribution in [2.24, 2.45) is 5.92 Å². The highest BCUT2D eigenvalue weighted by molar-refractivity contribution is 9.10. The molecule has 1 saturated heterocycles. The van der Waals surface area contributed by atoms with E-state index in [4.69, 9.17) is 9.47 Å². The van der Waals surface area contributed by atoms with Crippen molar-refractivity contribution in [3.8, 4) is 11.5 Å². The number of halogens is 1. The van der Waals surface area contributed by atoms with Gasteiger partial charge < -0.3 is 19.7 Å². The lowest BCUT2D eigenvalue weighted by Crippen LogP contribution is -2.51. The Labute approximate surface area is 257 Å². The number of rotatable bonds is 6. The molecule has 4 aromatic rings. The van der Waals surface area contributed by atoms with E-state index in [1.807, 2.05) is 77.7 Å². The Balaban J connectivity index is 1.52. The van der Waals surface area contributed by atoms with Gasteiger partial charge in [-0.2, -0.15) is 0 Å². The molecule has 3 heterocycles. The predicted molar refractivity (Wildman–Crippen MR) is 168 cm³/mol. The van der Waals surface area contributed by atoms with E-state index in [2.05, 4.69) is 21.2 Å². The summed E-state index contributed by atoms with van der Waals surface area (Å²) < 4.78 is 11.8. The number of ketones is 2. The third-order valence-electron chi connectivity index (χ3n) is 8.89. The van der Waals surface area contributed by atoms with Gasteiger partial charge in [0, 0.05) is 27.0 Å². The Morgan fingerprint density at radius 1 is 0.837 bits per heavy atom. The summed E-state index contributed by atoms with van der Waals surface area (Å²) in [5, 5.41) is 3.06. The fourth-order valence-corrected chi connectivity index (χ4v) is 7.34. The molecule has 0 unspecified atom stereocenters. The van der Waals surface area contributed by atoms with Crippen molar-refractivity contribution in [1.29, 1.82) is 0 Å². The van der Waals surface area contributed by atoms with Crippen LogP contribution in [-0.2, 0) is 10.2 Å². The summed E-state index contributed by atoms with van der Waals surface area (Å²) in [6, 6.07) is 25.7. The molecule has 7 nitrogen and oxygen atoms in total. The van der Waals surface area contributed by atoms with Crippen LogP contribution in [-0.4, -0.2) is 43.8 Å². The number of hydrogen-bond donors (Lipinski definition) is 1. The second-order valence-electron chi connectivity index (χ2n) is 10.9. The minimum atomic E-state index is -1.39. The highest BCUT2D eigenvalue weighted by Crippen LogP contribution is 2.58. The molecule has 3 aliphatic rings. The van der Waals surface area contributed by atoms with Crippen LogP contribution in [0.3, 0.4) is 0 Å². The van der Waals surface area contributed by atoms with Crippen molar-refractivity contribution in [2.75, 3.05) is 24.4 Å². The van der Waals surface area contributed by atoms with Crippen LogP contribution in [0.5, 0.6) is 11.5 Å². The summed E-state index contributed by atoms with van der Waals surface area (Å²) in [6.45, 7) is 0. The van der Waals surface area contributed by atoms with E-state index in [1.165, 1.54) is 14.2 Å². The molecule has 3 aliphatic heterocycles. The largest absolute Gasteiger partial charge is 0.493 e. The van der Waals surface area contributed by atoms with E-state index in [9.17, 15) is 9.59 Å². The number of hydrogen-bond acceptors (Lipinski definition) is 6. The second kappa shape index (κ2) is 10.2. The minimum Gasteiger partial charge on any atom is -0.493 e. The molecule has 1 amide bonds. The fraction of sp³-hybridized carbons (Fsp3) is 0.171. The smallest absolute Gasteiger partial charge is 0.238 e. The van der Waals surface area contributed by atoms with Crippen LogP contribution < -0.4 is 19.7 Å². The van der Waals surface area contributed by atoms with Crippen molar-refractivity contribution in [3.05, 3.63) is 124 Å². The van der Waals surface area contributed by atoms with Crippen molar-refractivity contribution < 1.29 is 23.9 Å². The van der Waals surface area contributed by atoms with Gasteiger partial charge in [-0.15, -0.1) is 0 Å². The summed E-state index contributed by atoms with van der Waals surface area (Å²) >= 11 is 3.46. The van der Waals surface area contributed by atoms with Gasteiger partial charge in [0.2, 0.25) is 5.91 Å². The molecule has 0 radical (unpaired) electrons. The van der Waals surface area contributed by atoms with Gasteiger partial charge in [-0.05, 0) is 53.6 Å². The number of nitrogens with one attached hydrogen (secondary N) is 1. The van der Waals surface area contributed by atoms with Crippen LogP contribution in [0.1, 0.15) is 31.8 Å². The van der Waals surface area contributed by atoms with Gasteiger partial charge in [-0.25, -0.2) is 0 Å². The normalized spacial score (nSPS) is 22.9. The number of Topliss-reactive ketones (excluding diaryl/α,β-unsaturated/α-hetero) is 2. The molecule has 7 rings (SSSR count). The number of carbonyl (C=O) groups excluding carboxylic acids is 3. The van der Waals surface area contributed by atoms with Crippen molar-refractivity contribution in [2.45, 2.75) is 17.5 Å². The molecule has 4 atom stereocenters. The van der Waals surface area contributed by atoms with Crippen LogP contribution in [0.15, 0.2) is 102 Å². The lowest BCUT2D eigenvalue weighted by atomic mass is 9.64. The Kier molecular flexibility index (Phi) is 6.47. The fourth-order valence-electron chi connectivity index (χ4n) is 7.07. The van der Waals surface area contributed by atoms with Gasteiger partial charge in [-0.3, -0.25) is 14.4 Å². The Morgan fingerprint density at radius 2 is 1.53 bits per heavy atom. The Hall–Kier alpha value is -4.69. The van der Waals surface area contributed by atoms with Crippen LogP contribution >= 0.6 is 15.9 Å². The highest BCUT2D eigenvalue weighted by Gasteiger charge is 2.70. The standard InChI is InChI=1S/C35H27BrN2O5/c1-42-27-17-13-22(19-28(27)43-2)32(39)30-31(33(40)21-11-15-23(36)16-12-21)38-26-10-6-3-7-20(26)14-18-29(38)35(30)24-8-4-5-9-25(24)37-34(35)41/h3-19,29-31H,1-2H3,(H,37,41)/t29-,30+,31-,35+/m1/s1. The van der Waals surface area contributed by atoms with Crippen LogP contribution in [0, 0.1) is 5.92 Å². The number of nitrogens with zero attached hydrogens (tertiary/aromatic N) is 1. The van der Waals surface area contributed by atoms with E-state index in [-0.39, 0.29) is 17.5 Å². The summed E-state index contributed by atoms with van der Waals surface area (Å²) in [4.78, 5) is 46.2. The number of fused-ring (bicyclic) bond motifs is 6. The van der Waals surface area contributed by atoms with Crippen molar-refractivity contribution >= 4 is 50.9 Å². The molecule has 43 heavy (non-hydrogen) atoms. The molecular formula is C35H27BrN2O5. The maximum absolute atomic E-state index is 15.0. The first-order valence-electron chi connectivity index (χ1n) is 13.9. The van der Waals surface area contributed by atoms with Crippen LogP contribution in [0.4, 0.5) is 11.4 Å². The lowest BCUT2D eigenvalue weighted by molar-refractivity contribution is -0.121. The van der Waals surface area contributed by atoms with E-state index in [1.54, 1.807) is 30.3 Å². The predicted octanol–water partition coefficient (Wildman–Crippen LogP) is 6.32. The molecule has 0 aromatic heterocycles. The maximum atomic E-state index is 15.0. The third-order valence-corrected chi connectivity index (χ3v) is 9.42. The zero-order chi connectivity index (χ0) is 29.9. The molecule has 1 N–H and O–H groups in total. The van der Waals surface area contributed by atoms with E-state index in [0.29, 0.717) is 33.9 Å². The lowest BCUT2D eigenvalue weighted by Gasteiger charge is -2.37. The van der Waals surface area contributed by atoms with Gasteiger partial charge in [-0.1, -0.05) is 76.6 Å². The molecule has 4 aromatic carbocycles. The summed E-state index contributed by atoms with van der Waals surface area (Å²) in [5.41, 5.74) is 2.43. The van der Waals surface area contributed by atoms with E-state index in [0.717, 1.165) is 15.7 Å². The minimum absolute atomic E-state index is 0.240. The molecule has 1 fully saturated rings. The topological polar surface area (TPSA) is 84.9 Å². The van der Waals surface area contributed by atoms with Gasteiger partial charge in [0.15, 0.2) is 23.1 Å². The van der Waals surface area contributed by atoms with Gasteiger partial charge in [0.1, 0.15) is 11.5 Å². The zero-order valence-electron chi connectivity index (χ0n) is 23.4. The summed E-state index contributed by atoms with van der Waals surface area (Å²) in [7, 11) is 3.03. The monoisotopic (exact) mass is 634 g/mol. The second-order valence-corrected chi connectivity index (χ2v) is 11.8. The zero-order valence-corrected chi connectivity index (χ0v) is 25.0. The van der Waals surface area contributed by atoms with Gasteiger partial charge in [0.25, 0.3) is 0 Å². The van der Waals surface area contributed by atoms with Gasteiger partial charge >= 0.3 is 0 Å². The number of amides is 1. The molecule has 0 bridgehead atoms. The Morgan fingerprint density at radius 3 is 2.30 bits per heavy atom.